The van der Waals surface area contributed by atoms with Gasteiger partial charge in [0.15, 0.2) is 0 Å². The molecule has 1 aromatic carbocycles. The number of hydrogen-bond donors (Lipinski definition) is 3. The quantitative estimate of drug-likeness (QED) is 0.0747. The van der Waals surface area contributed by atoms with Gasteiger partial charge in [-0.25, -0.2) is 19.3 Å². The second kappa shape index (κ2) is 16.0. The zero-order valence-electron chi connectivity index (χ0n) is 26.3. The number of nitrogens with zero attached hydrogens (tertiary/aromatic N) is 3. The van der Waals surface area contributed by atoms with Gasteiger partial charge in [0.25, 0.3) is 5.91 Å². The van der Waals surface area contributed by atoms with Crippen LogP contribution >= 0.6 is 57.9 Å². The predicted molar refractivity (Wildman–Crippen MR) is 188 cm³/mol. The van der Waals surface area contributed by atoms with Gasteiger partial charge in [-0.05, 0) is 53.2 Å². The van der Waals surface area contributed by atoms with Crippen LogP contribution in [0.1, 0.15) is 47.1 Å². The number of carbonyl (C=O) groups excluding carboxylic acids is 4. The van der Waals surface area contributed by atoms with Gasteiger partial charge in [-0.3, -0.25) is 14.5 Å². The first kappa shape index (κ1) is 37.8. The molecule has 0 bridgehead atoms. The van der Waals surface area contributed by atoms with E-state index in [0.717, 1.165) is 31.5 Å². The fraction of sp³-hybridized carbons (Fsp3) is 0.517. The molecule has 4 N–H and O–H groups in total. The highest BCUT2D eigenvalue weighted by atomic mass is 127. The number of carbonyl (C=O) groups is 5. The van der Waals surface area contributed by atoms with Crippen LogP contribution in [-0.2, 0) is 28.3 Å². The molecule has 0 aliphatic carbocycles. The van der Waals surface area contributed by atoms with E-state index < -0.39 is 58.5 Å². The van der Waals surface area contributed by atoms with Crippen LogP contribution in [0.25, 0.3) is 0 Å². The van der Waals surface area contributed by atoms with Crippen molar-refractivity contribution in [3.63, 3.8) is 0 Å². The molecule has 1 saturated heterocycles. The molecule has 2 heterocycles. The molecule has 1 fully saturated rings. The average molecular weight is 808 g/mol. The molecule has 2 aliphatic heterocycles. The van der Waals surface area contributed by atoms with E-state index in [-0.39, 0.29) is 23.7 Å². The summed E-state index contributed by atoms with van der Waals surface area (Å²) in [6.45, 7) is 9.99. The molecule has 46 heavy (non-hydrogen) atoms. The number of fused-ring (bicyclic) bond motifs is 1. The van der Waals surface area contributed by atoms with E-state index in [1.165, 1.54) is 28.4 Å². The van der Waals surface area contributed by atoms with Crippen LogP contribution in [0.5, 0.6) is 0 Å². The number of β-lactam (4-membered cyclic amide) rings is 1. The summed E-state index contributed by atoms with van der Waals surface area (Å²) < 4.78 is 11.3. The third-order valence-corrected chi connectivity index (χ3v) is 10.4. The van der Waals surface area contributed by atoms with Gasteiger partial charge in [0.1, 0.15) is 28.3 Å². The van der Waals surface area contributed by atoms with Gasteiger partial charge in [-0.1, -0.05) is 52.6 Å². The van der Waals surface area contributed by atoms with Crippen LogP contribution in [-0.4, -0.2) is 97.3 Å². The van der Waals surface area contributed by atoms with Crippen molar-refractivity contribution in [1.82, 2.24) is 15.1 Å². The number of benzene rings is 1. The number of thioether (sulfide) groups is 3. The normalized spacial score (nSPS) is 18.4. The Balaban J connectivity index is 1.59. The van der Waals surface area contributed by atoms with Crippen molar-refractivity contribution >= 4 is 93.8 Å². The molecular weight excluding hydrogens is 769 g/mol. The summed E-state index contributed by atoms with van der Waals surface area (Å²) in [5.74, 6) is -1.99. The number of hydrogen-bond acceptors (Lipinski definition) is 10. The van der Waals surface area contributed by atoms with Gasteiger partial charge in [-0.2, -0.15) is 11.8 Å². The SMILES string of the molecule is CC(C)(C)OC(=O)N=C(N)N(CCSCC(=O)N[C@@H]1C(=O)N2C(C(=O)O)=C(Sc3ccccc3CI)CS[C@@H]12)C(=O)OC(C)(C)C. The van der Waals surface area contributed by atoms with E-state index in [1.807, 2.05) is 24.3 Å². The highest BCUT2D eigenvalue weighted by molar-refractivity contribution is 14.1. The number of aliphatic carboxylic acids is 1. The zero-order valence-corrected chi connectivity index (χ0v) is 30.9. The Labute approximate surface area is 294 Å². The van der Waals surface area contributed by atoms with Gasteiger partial charge >= 0.3 is 18.2 Å². The minimum absolute atomic E-state index is 0.0342. The topological polar surface area (TPSA) is 181 Å². The lowest BCUT2D eigenvalue weighted by Crippen LogP contribution is -2.70. The molecular formula is C29H38IN5O8S3. The lowest BCUT2D eigenvalue weighted by atomic mass is 10.1. The highest BCUT2D eigenvalue weighted by Crippen LogP contribution is 2.45. The molecule has 3 rings (SSSR count). The van der Waals surface area contributed by atoms with E-state index in [9.17, 15) is 29.1 Å². The molecule has 0 aromatic heterocycles. The zero-order chi connectivity index (χ0) is 34.4. The second-order valence-corrected chi connectivity index (χ2v) is 16.1. The number of carboxylic acid groups (broad SMARTS) is 1. The molecule has 252 valence electrons. The fourth-order valence-corrected chi connectivity index (χ4v) is 8.35. The standard InChI is InChI=1S/C29H38IN5O8S3/c1-28(2,3)42-26(40)33-25(31)34(27(41)43-29(4,5)6)11-12-44-15-19(36)32-20-22(37)35-21(24(38)39)18(14-45-23(20)35)46-17-10-8-7-9-16(17)13-30/h7-10,20,23H,11-15H2,1-6H3,(H,32,36)(H,38,39)(H2,31,33,40)/t20-,23+/m1/s1. The Bertz CT molecular complexity index is 1430. The molecule has 2 aliphatic rings. The van der Waals surface area contributed by atoms with E-state index >= 15 is 0 Å². The van der Waals surface area contributed by atoms with Gasteiger partial charge in [0.05, 0.1) is 5.75 Å². The Kier molecular flexibility index (Phi) is 13.1. The fourth-order valence-electron chi connectivity index (χ4n) is 4.11. The number of carboxylic acids is 1. The summed E-state index contributed by atoms with van der Waals surface area (Å²) in [5, 5.41) is 12.2. The van der Waals surface area contributed by atoms with Gasteiger partial charge in [-0.15, -0.1) is 16.8 Å². The smallest absolute Gasteiger partial charge is 0.437 e. The highest BCUT2D eigenvalue weighted by Gasteiger charge is 2.54. The number of alkyl halides is 1. The van der Waals surface area contributed by atoms with Crippen LogP contribution in [0.2, 0.25) is 0 Å². The third-order valence-electron chi connectivity index (χ3n) is 5.98. The van der Waals surface area contributed by atoms with E-state index in [2.05, 4.69) is 32.9 Å². The summed E-state index contributed by atoms with van der Waals surface area (Å²) in [6.07, 6.45) is -1.79. The first-order valence-electron chi connectivity index (χ1n) is 14.1. The van der Waals surface area contributed by atoms with Crippen molar-refractivity contribution in [1.29, 1.82) is 0 Å². The Morgan fingerprint density at radius 2 is 1.80 bits per heavy atom. The number of nitrogens with two attached hydrogens (primary N) is 1. The second-order valence-electron chi connectivity index (χ2n) is 12.0. The maximum Gasteiger partial charge on any atom is 0.437 e. The number of ether oxygens (including phenoxy) is 2. The summed E-state index contributed by atoms with van der Waals surface area (Å²) in [5.41, 5.74) is 5.31. The van der Waals surface area contributed by atoms with Gasteiger partial charge < -0.3 is 25.6 Å². The number of nitrogens with one attached hydrogen (secondary N) is 1. The van der Waals surface area contributed by atoms with Crippen LogP contribution in [0.3, 0.4) is 0 Å². The Morgan fingerprint density at radius 3 is 2.41 bits per heavy atom. The van der Waals surface area contributed by atoms with Crippen molar-refractivity contribution in [3.05, 3.63) is 40.4 Å². The molecule has 2 atom stereocenters. The third kappa shape index (κ3) is 10.4. The monoisotopic (exact) mass is 807 g/mol. The van der Waals surface area contributed by atoms with Crippen molar-refractivity contribution < 1.29 is 38.6 Å². The molecule has 1 aromatic rings. The molecule has 0 unspecified atom stereocenters. The molecule has 13 nitrogen and oxygen atoms in total. The van der Waals surface area contributed by atoms with Crippen LogP contribution in [0.4, 0.5) is 9.59 Å². The van der Waals surface area contributed by atoms with Crippen molar-refractivity contribution in [3.8, 4) is 0 Å². The van der Waals surface area contributed by atoms with E-state index in [1.54, 1.807) is 41.5 Å². The van der Waals surface area contributed by atoms with Crippen molar-refractivity contribution in [2.75, 3.05) is 23.8 Å². The van der Waals surface area contributed by atoms with Gasteiger partial charge in [0.2, 0.25) is 11.9 Å². The van der Waals surface area contributed by atoms with Crippen LogP contribution in [0.15, 0.2) is 44.8 Å². The Morgan fingerprint density at radius 1 is 1.15 bits per heavy atom. The maximum absolute atomic E-state index is 13.1. The van der Waals surface area contributed by atoms with E-state index in [0.29, 0.717) is 10.7 Å². The van der Waals surface area contributed by atoms with E-state index in [4.69, 9.17) is 15.2 Å². The maximum atomic E-state index is 13.1. The summed E-state index contributed by atoms with van der Waals surface area (Å²) >= 11 is 6.16. The van der Waals surface area contributed by atoms with Crippen molar-refractivity contribution in [2.24, 2.45) is 10.7 Å². The molecule has 0 radical (unpaired) electrons. The first-order chi connectivity index (χ1) is 21.4. The lowest BCUT2D eigenvalue weighted by Gasteiger charge is -2.49. The Hall–Kier alpha value is -2.64. The summed E-state index contributed by atoms with van der Waals surface area (Å²) in [7, 11) is 0. The van der Waals surface area contributed by atoms with Crippen molar-refractivity contribution in [2.45, 2.75) is 73.5 Å². The molecule has 0 spiro atoms. The first-order valence-corrected chi connectivity index (χ1v) is 18.6. The van der Waals surface area contributed by atoms with Gasteiger partial charge in [0, 0.05) is 32.3 Å². The number of rotatable bonds is 10. The largest absolute Gasteiger partial charge is 0.477 e. The summed E-state index contributed by atoms with van der Waals surface area (Å²) in [6, 6.07) is 6.85. The molecule has 4 amide bonds. The number of guanidine groups is 1. The minimum atomic E-state index is -1.20. The molecule has 0 saturated carbocycles. The minimum Gasteiger partial charge on any atom is -0.477 e. The lowest BCUT2D eigenvalue weighted by molar-refractivity contribution is -0.150. The average Bonchev–Trinajstić information content (AvgIpc) is 2.93. The summed E-state index contributed by atoms with van der Waals surface area (Å²) in [4.78, 5) is 70.5. The molecule has 17 heteroatoms. The number of amides is 4. The number of halogens is 1. The van der Waals surface area contributed by atoms with Crippen LogP contribution < -0.4 is 11.1 Å². The van der Waals surface area contributed by atoms with Crippen LogP contribution in [0, 0.1) is 0 Å². The number of aliphatic imine (C=N–C) groups is 1. The predicted octanol–water partition coefficient (Wildman–Crippen LogP) is 4.63.